The van der Waals surface area contributed by atoms with Crippen molar-refractivity contribution in [3.63, 3.8) is 0 Å². The lowest BCUT2D eigenvalue weighted by molar-refractivity contribution is -0.121. The molecular formula is C30H26N4O4S. The quantitative estimate of drug-likeness (QED) is 0.206. The van der Waals surface area contributed by atoms with E-state index in [9.17, 15) is 9.59 Å². The average Bonchev–Trinajstić information content (AvgIpc) is 3.40. The Morgan fingerprint density at radius 1 is 1.05 bits per heavy atom. The van der Waals surface area contributed by atoms with E-state index in [2.05, 4.69) is 15.5 Å². The van der Waals surface area contributed by atoms with E-state index in [-0.39, 0.29) is 12.1 Å². The second kappa shape index (κ2) is 11.7. The monoisotopic (exact) mass is 538 g/mol. The van der Waals surface area contributed by atoms with E-state index in [1.165, 1.54) is 34.0 Å². The van der Waals surface area contributed by atoms with Gasteiger partial charge in [-0.05, 0) is 47.9 Å². The van der Waals surface area contributed by atoms with Crippen molar-refractivity contribution in [3.05, 3.63) is 112 Å². The number of amides is 1. The summed E-state index contributed by atoms with van der Waals surface area (Å²) in [7, 11) is 1.57. The molecule has 0 fully saturated rings. The number of ether oxygens (including phenoxy) is 2. The highest BCUT2D eigenvalue weighted by Gasteiger charge is 2.12. The van der Waals surface area contributed by atoms with E-state index in [1.54, 1.807) is 19.2 Å². The summed E-state index contributed by atoms with van der Waals surface area (Å²) >= 11 is 1.44. The maximum Gasteiger partial charge on any atom is 0.262 e. The van der Waals surface area contributed by atoms with Crippen molar-refractivity contribution < 1.29 is 14.3 Å². The molecule has 8 nitrogen and oxygen atoms in total. The molecule has 1 amide bonds. The predicted molar refractivity (Wildman–Crippen MR) is 154 cm³/mol. The maximum atomic E-state index is 13.0. The lowest BCUT2D eigenvalue weighted by Crippen LogP contribution is -2.29. The minimum Gasteiger partial charge on any atom is -0.493 e. The summed E-state index contributed by atoms with van der Waals surface area (Å²) in [4.78, 5) is 31.4. The Labute approximate surface area is 229 Å². The summed E-state index contributed by atoms with van der Waals surface area (Å²) in [5, 5.41) is 4.51. The van der Waals surface area contributed by atoms with Crippen LogP contribution in [-0.4, -0.2) is 28.8 Å². The number of carbonyl (C=O) groups is 1. The van der Waals surface area contributed by atoms with Crippen molar-refractivity contribution in [2.24, 2.45) is 5.10 Å². The van der Waals surface area contributed by atoms with Crippen LogP contribution in [0.25, 0.3) is 20.7 Å². The van der Waals surface area contributed by atoms with Gasteiger partial charge >= 0.3 is 0 Å². The zero-order valence-corrected chi connectivity index (χ0v) is 22.3. The van der Waals surface area contributed by atoms with Crippen molar-refractivity contribution in [2.75, 3.05) is 7.11 Å². The molecule has 0 spiro atoms. The Balaban J connectivity index is 1.21. The second-order valence-corrected chi connectivity index (χ2v) is 9.88. The molecule has 5 rings (SSSR count). The second-order valence-electron chi connectivity index (χ2n) is 8.85. The number of rotatable bonds is 9. The summed E-state index contributed by atoms with van der Waals surface area (Å²) in [6.07, 6.45) is 2.89. The van der Waals surface area contributed by atoms with Crippen molar-refractivity contribution in [1.82, 2.24) is 15.0 Å². The van der Waals surface area contributed by atoms with Gasteiger partial charge in [-0.25, -0.2) is 10.4 Å². The van der Waals surface area contributed by atoms with E-state index in [0.29, 0.717) is 33.9 Å². The third-order valence-electron chi connectivity index (χ3n) is 6.00. The van der Waals surface area contributed by atoms with Gasteiger partial charge < -0.3 is 9.47 Å². The Morgan fingerprint density at radius 2 is 1.85 bits per heavy atom. The zero-order valence-electron chi connectivity index (χ0n) is 21.5. The van der Waals surface area contributed by atoms with E-state index in [0.717, 1.165) is 16.0 Å². The molecule has 0 radical (unpaired) electrons. The molecule has 5 aromatic rings. The normalized spacial score (nSPS) is 11.1. The van der Waals surface area contributed by atoms with Crippen molar-refractivity contribution in [2.45, 2.75) is 20.1 Å². The fourth-order valence-electron chi connectivity index (χ4n) is 3.92. The number of hydrazone groups is 1. The van der Waals surface area contributed by atoms with Gasteiger partial charge in [0.2, 0.25) is 0 Å². The number of aryl methyl sites for hydroxylation is 1. The molecule has 39 heavy (non-hydrogen) atoms. The van der Waals surface area contributed by atoms with E-state index in [1.807, 2.05) is 73.7 Å². The Kier molecular flexibility index (Phi) is 7.79. The van der Waals surface area contributed by atoms with Gasteiger partial charge in [0.25, 0.3) is 11.5 Å². The largest absolute Gasteiger partial charge is 0.493 e. The van der Waals surface area contributed by atoms with Crippen LogP contribution in [0.15, 0.2) is 95.1 Å². The highest BCUT2D eigenvalue weighted by molar-refractivity contribution is 7.21. The van der Waals surface area contributed by atoms with Crippen molar-refractivity contribution in [1.29, 1.82) is 0 Å². The van der Waals surface area contributed by atoms with Crippen molar-refractivity contribution in [3.8, 4) is 21.9 Å². The molecular weight excluding hydrogens is 512 g/mol. The van der Waals surface area contributed by atoms with Gasteiger partial charge in [-0.15, -0.1) is 11.3 Å². The Morgan fingerprint density at radius 3 is 2.62 bits per heavy atom. The van der Waals surface area contributed by atoms with Crippen LogP contribution >= 0.6 is 11.3 Å². The first-order chi connectivity index (χ1) is 19.0. The first-order valence-corrected chi connectivity index (χ1v) is 13.0. The molecule has 196 valence electrons. The topological polar surface area (TPSA) is 94.8 Å². The van der Waals surface area contributed by atoms with Crippen LogP contribution in [0.5, 0.6) is 11.5 Å². The van der Waals surface area contributed by atoms with Crippen LogP contribution in [0.4, 0.5) is 0 Å². The first kappa shape index (κ1) is 25.9. The molecule has 0 unspecified atom stereocenters. The average molecular weight is 539 g/mol. The van der Waals surface area contributed by atoms with E-state index < -0.39 is 5.91 Å². The number of hydrogen-bond donors (Lipinski definition) is 1. The third kappa shape index (κ3) is 6.22. The molecule has 0 bridgehead atoms. The van der Waals surface area contributed by atoms with Gasteiger partial charge in [0.1, 0.15) is 18.0 Å². The molecule has 3 aromatic carbocycles. The SMILES string of the molecule is COc1cc(/C=N\NC(=O)Cn2cnc3sc(-c4ccccc4)cc3c2=O)ccc1OCc1ccc(C)cc1. The smallest absolute Gasteiger partial charge is 0.262 e. The minimum absolute atomic E-state index is 0.204. The van der Waals surface area contributed by atoms with Gasteiger partial charge in [-0.2, -0.15) is 5.10 Å². The molecule has 9 heteroatoms. The predicted octanol–water partition coefficient (Wildman–Crippen LogP) is 5.17. The van der Waals surface area contributed by atoms with E-state index >= 15 is 0 Å². The number of thiophene rings is 1. The van der Waals surface area contributed by atoms with Crippen LogP contribution in [0, 0.1) is 6.92 Å². The molecule has 1 N–H and O–H groups in total. The summed E-state index contributed by atoms with van der Waals surface area (Å²) in [6, 6.07) is 25.1. The number of nitrogens with one attached hydrogen (secondary N) is 1. The maximum absolute atomic E-state index is 13.0. The van der Waals surface area contributed by atoms with Crippen LogP contribution in [0.2, 0.25) is 0 Å². The first-order valence-electron chi connectivity index (χ1n) is 12.2. The van der Waals surface area contributed by atoms with Crippen molar-refractivity contribution >= 4 is 33.7 Å². The molecule has 2 heterocycles. The van der Waals surface area contributed by atoms with Gasteiger partial charge in [-0.3, -0.25) is 14.2 Å². The Hall–Kier alpha value is -4.76. The molecule has 0 aliphatic heterocycles. The van der Waals surface area contributed by atoms with Gasteiger partial charge in [0.15, 0.2) is 11.5 Å². The number of aromatic nitrogens is 2. The summed E-state index contributed by atoms with van der Waals surface area (Å²) < 4.78 is 12.6. The number of benzene rings is 3. The summed E-state index contributed by atoms with van der Waals surface area (Å²) in [6.45, 7) is 2.25. The van der Waals surface area contributed by atoms with E-state index in [4.69, 9.17) is 9.47 Å². The molecule has 2 aromatic heterocycles. The van der Waals surface area contributed by atoms with Crippen LogP contribution in [0.1, 0.15) is 16.7 Å². The molecule has 0 saturated heterocycles. The van der Waals surface area contributed by atoms with Gasteiger partial charge in [0, 0.05) is 4.88 Å². The number of fused-ring (bicyclic) bond motifs is 1. The number of carbonyl (C=O) groups excluding carboxylic acids is 1. The van der Waals surface area contributed by atoms with Gasteiger partial charge in [0.05, 0.1) is 25.0 Å². The zero-order chi connectivity index (χ0) is 27.2. The summed E-state index contributed by atoms with van der Waals surface area (Å²) in [5.74, 6) is 0.706. The number of methoxy groups -OCH3 is 1. The van der Waals surface area contributed by atoms with Crippen LogP contribution in [0.3, 0.4) is 0 Å². The highest BCUT2D eigenvalue weighted by Crippen LogP contribution is 2.30. The molecule has 0 aliphatic carbocycles. The Bertz CT molecular complexity index is 1690. The van der Waals surface area contributed by atoms with Crippen LogP contribution < -0.4 is 20.5 Å². The minimum atomic E-state index is -0.446. The van der Waals surface area contributed by atoms with Gasteiger partial charge in [-0.1, -0.05) is 60.2 Å². The lowest BCUT2D eigenvalue weighted by atomic mass is 10.2. The third-order valence-corrected chi connectivity index (χ3v) is 7.09. The lowest BCUT2D eigenvalue weighted by Gasteiger charge is -2.11. The van der Waals surface area contributed by atoms with Crippen LogP contribution in [-0.2, 0) is 17.9 Å². The number of nitrogens with zero attached hydrogens (tertiary/aromatic N) is 3. The summed E-state index contributed by atoms with van der Waals surface area (Å²) in [5.41, 5.74) is 6.16. The fraction of sp³-hybridized carbons (Fsp3) is 0.133. The number of hydrogen-bond acceptors (Lipinski definition) is 7. The molecule has 0 aliphatic rings. The highest BCUT2D eigenvalue weighted by atomic mass is 32.1. The standard InChI is InChI=1S/C30H26N4O4S/c1-20-8-10-21(11-9-20)18-38-25-13-12-22(14-26(25)37-2)16-32-33-28(35)17-34-19-31-29-24(30(34)36)15-27(39-29)23-6-4-3-5-7-23/h3-16,19H,17-18H2,1-2H3,(H,33,35)/b32-16-. The fourth-order valence-corrected chi connectivity index (χ4v) is 4.91. The molecule has 0 atom stereocenters. The molecule has 0 saturated carbocycles.